The number of hydrogen-bond donors (Lipinski definition) is 0. The van der Waals surface area contributed by atoms with Crippen LogP contribution in [0.5, 0.6) is 5.75 Å². The van der Waals surface area contributed by atoms with Crippen LogP contribution in [0.1, 0.15) is 90.0 Å². The zero-order valence-corrected chi connectivity index (χ0v) is 19.9. The highest BCUT2D eigenvalue weighted by molar-refractivity contribution is 5.70. The lowest BCUT2D eigenvalue weighted by molar-refractivity contribution is -0.131. The molecule has 1 fully saturated rings. The summed E-state index contributed by atoms with van der Waals surface area (Å²) in [6, 6.07) is 7.03. The molecule has 0 N–H and O–H groups in total. The molecule has 2 nitrogen and oxygen atoms in total. The van der Waals surface area contributed by atoms with Gasteiger partial charge in [-0.3, -0.25) is 4.79 Å². The van der Waals surface area contributed by atoms with Gasteiger partial charge < -0.3 is 4.74 Å². The van der Waals surface area contributed by atoms with E-state index in [1.54, 1.807) is 0 Å². The number of unbranched alkanes of at least 4 members (excludes halogenated alkanes) is 1. The Morgan fingerprint density at radius 3 is 2.27 bits per heavy atom. The van der Waals surface area contributed by atoms with Crippen LogP contribution in [-0.2, 0) is 4.79 Å². The van der Waals surface area contributed by atoms with Crippen LogP contribution in [0, 0.1) is 29.3 Å². The summed E-state index contributed by atoms with van der Waals surface area (Å²) in [4.78, 5) is 11.0. The summed E-state index contributed by atoms with van der Waals surface area (Å²) in [5.74, 6) is -1.95. The maximum atomic E-state index is 15.1. The Bertz CT molecular complexity index is 931. The lowest BCUT2D eigenvalue weighted by Crippen LogP contribution is -2.18. The van der Waals surface area contributed by atoms with E-state index in [-0.39, 0.29) is 17.0 Å². The van der Waals surface area contributed by atoms with Gasteiger partial charge in [0.25, 0.3) is 0 Å². The van der Waals surface area contributed by atoms with Crippen molar-refractivity contribution in [3.63, 3.8) is 0 Å². The van der Waals surface area contributed by atoms with Crippen LogP contribution in [0.2, 0.25) is 0 Å². The van der Waals surface area contributed by atoms with Crippen LogP contribution < -0.4 is 4.74 Å². The average molecular weight is 461 g/mol. The van der Waals surface area contributed by atoms with Crippen molar-refractivity contribution in [1.82, 2.24) is 0 Å². The van der Waals surface area contributed by atoms with Crippen molar-refractivity contribution in [2.45, 2.75) is 84.5 Å². The second-order valence-corrected chi connectivity index (χ2v) is 9.44. The van der Waals surface area contributed by atoms with Gasteiger partial charge in [-0.05, 0) is 73.6 Å². The van der Waals surface area contributed by atoms with Gasteiger partial charge in [0.1, 0.15) is 11.6 Å². The standard InChI is InChI=1S/C28H35F3O2/c1-4-6-7-19(5-2)16-20-8-10-22(11-9-20)26-25(29)17-24(27(30)28(26)31)21-12-14-23(15-13-21)33-18(3)32/h12-15,17,19-20,22H,4-11,16H2,1-3H3. The van der Waals surface area contributed by atoms with Crippen molar-refractivity contribution < 1.29 is 22.7 Å². The molecule has 1 atom stereocenters. The van der Waals surface area contributed by atoms with Crippen LogP contribution in [0.3, 0.4) is 0 Å². The summed E-state index contributed by atoms with van der Waals surface area (Å²) in [7, 11) is 0. The van der Waals surface area contributed by atoms with Crippen molar-refractivity contribution >= 4 is 5.97 Å². The molecule has 0 aliphatic heterocycles. The van der Waals surface area contributed by atoms with Gasteiger partial charge in [0.05, 0.1) is 0 Å². The highest BCUT2D eigenvalue weighted by Gasteiger charge is 2.30. The molecule has 1 aliphatic carbocycles. The topological polar surface area (TPSA) is 26.3 Å². The Kier molecular flexibility index (Phi) is 8.99. The van der Waals surface area contributed by atoms with Crippen molar-refractivity contribution in [3.05, 3.63) is 53.3 Å². The van der Waals surface area contributed by atoms with E-state index in [0.29, 0.717) is 30.1 Å². The Morgan fingerprint density at radius 1 is 1.03 bits per heavy atom. The van der Waals surface area contributed by atoms with Crippen molar-refractivity contribution in [3.8, 4) is 16.9 Å². The predicted molar refractivity (Wildman–Crippen MR) is 126 cm³/mol. The zero-order chi connectivity index (χ0) is 24.0. The first-order valence-electron chi connectivity index (χ1n) is 12.3. The lowest BCUT2D eigenvalue weighted by atomic mass is 9.74. The fraction of sp³-hybridized carbons (Fsp3) is 0.536. The van der Waals surface area contributed by atoms with E-state index in [1.165, 1.54) is 63.3 Å². The monoisotopic (exact) mass is 460 g/mol. The van der Waals surface area contributed by atoms with E-state index in [0.717, 1.165) is 24.8 Å². The van der Waals surface area contributed by atoms with Gasteiger partial charge >= 0.3 is 5.97 Å². The van der Waals surface area contributed by atoms with Gasteiger partial charge in [-0.25, -0.2) is 13.2 Å². The molecule has 180 valence electrons. The van der Waals surface area contributed by atoms with Gasteiger partial charge in [0, 0.05) is 18.1 Å². The minimum Gasteiger partial charge on any atom is -0.427 e. The van der Waals surface area contributed by atoms with E-state index in [2.05, 4.69) is 13.8 Å². The molecular formula is C28H35F3O2. The summed E-state index contributed by atoms with van der Waals surface area (Å²) in [6.45, 7) is 5.73. The minimum absolute atomic E-state index is 0.107. The average Bonchev–Trinajstić information content (AvgIpc) is 2.80. The zero-order valence-electron chi connectivity index (χ0n) is 19.9. The first-order chi connectivity index (χ1) is 15.8. The Hall–Kier alpha value is -2.30. The first-order valence-corrected chi connectivity index (χ1v) is 12.3. The molecule has 2 aromatic rings. The number of halogens is 3. The maximum Gasteiger partial charge on any atom is 0.308 e. The second-order valence-electron chi connectivity index (χ2n) is 9.44. The van der Waals surface area contributed by atoms with Crippen LogP contribution in [0.25, 0.3) is 11.1 Å². The minimum atomic E-state index is -1.08. The third-order valence-electron chi connectivity index (χ3n) is 7.09. The molecule has 5 heteroatoms. The predicted octanol–water partition coefficient (Wildman–Crippen LogP) is 8.58. The molecular weight excluding hydrogens is 425 g/mol. The smallest absolute Gasteiger partial charge is 0.308 e. The lowest BCUT2D eigenvalue weighted by Gasteiger charge is -2.31. The second kappa shape index (κ2) is 11.7. The summed E-state index contributed by atoms with van der Waals surface area (Å²) >= 11 is 0. The molecule has 0 aromatic heterocycles. The van der Waals surface area contributed by atoms with E-state index in [4.69, 9.17) is 4.74 Å². The van der Waals surface area contributed by atoms with Crippen LogP contribution >= 0.6 is 0 Å². The largest absolute Gasteiger partial charge is 0.427 e. The Labute approximate surface area is 195 Å². The van der Waals surface area contributed by atoms with E-state index >= 15 is 8.78 Å². The third kappa shape index (κ3) is 6.39. The SMILES string of the molecule is CCCCC(CC)CC1CCC(c2c(F)cc(-c3ccc(OC(C)=O)cc3)c(F)c2F)CC1. The molecule has 33 heavy (non-hydrogen) atoms. The molecule has 1 saturated carbocycles. The van der Waals surface area contributed by atoms with E-state index < -0.39 is 23.4 Å². The quantitative estimate of drug-likeness (QED) is 0.213. The normalized spacial score (nSPS) is 19.3. The molecule has 0 saturated heterocycles. The molecule has 0 spiro atoms. The fourth-order valence-corrected chi connectivity index (χ4v) is 5.20. The number of carbonyl (C=O) groups is 1. The number of esters is 1. The van der Waals surface area contributed by atoms with Gasteiger partial charge in [-0.15, -0.1) is 0 Å². The van der Waals surface area contributed by atoms with Gasteiger partial charge in [-0.1, -0.05) is 51.7 Å². The summed E-state index contributed by atoms with van der Waals surface area (Å²) in [6.07, 6.45) is 9.34. The Morgan fingerprint density at radius 2 is 1.70 bits per heavy atom. The van der Waals surface area contributed by atoms with Crippen LogP contribution in [-0.4, -0.2) is 5.97 Å². The number of rotatable bonds is 9. The van der Waals surface area contributed by atoms with Gasteiger partial charge in [0.15, 0.2) is 11.6 Å². The molecule has 0 heterocycles. The van der Waals surface area contributed by atoms with E-state index in [9.17, 15) is 9.18 Å². The molecule has 3 rings (SSSR count). The summed E-state index contributed by atoms with van der Waals surface area (Å²) < 4.78 is 50.0. The first kappa shape index (κ1) is 25.3. The fourth-order valence-electron chi connectivity index (χ4n) is 5.20. The number of carbonyl (C=O) groups excluding carboxylic acids is 1. The third-order valence-corrected chi connectivity index (χ3v) is 7.09. The number of benzene rings is 2. The summed E-state index contributed by atoms with van der Waals surface area (Å²) in [5.41, 5.74) is 0.0944. The van der Waals surface area contributed by atoms with Crippen molar-refractivity contribution in [1.29, 1.82) is 0 Å². The summed E-state index contributed by atoms with van der Waals surface area (Å²) in [5, 5.41) is 0. The van der Waals surface area contributed by atoms with Crippen LogP contribution in [0.4, 0.5) is 13.2 Å². The number of ether oxygens (including phenoxy) is 1. The van der Waals surface area contributed by atoms with Gasteiger partial charge in [0.2, 0.25) is 0 Å². The molecule has 0 amide bonds. The number of hydrogen-bond acceptors (Lipinski definition) is 2. The Balaban J connectivity index is 1.71. The van der Waals surface area contributed by atoms with Crippen molar-refractivity contribution in [2.24, 2.45) is 11.8 Å². The molecule has 1 unspecified atom stereocenters. The highest BCUT2D eigenvalue weighted by atomic mass is 19.2. The van der Waals surface area contributed by atoms with Crippen LogP contribution in [0.15, 0.2) is 30.3 Å². The molecule has 2 aromatic carbocycles. The maximum absolute atomic E-state index is 15.1. The van der Waals surface area contributed by atoms with Crippen molar-refractivity contribution in [2.75, 3.05) is 0 Å². The molecule has 1 aliphatic rings. The molecule has 0 bridgehead atoms. The van der Waals surface area contributed by atoms with E-state index in [1.807, 2.05) is 0 Å². The highest BCUT2D eigenvalue weighted by Crippen LogP contribution is 2.42. The van der Waals surface area contributed by atoms with Gasteiger partial charge in [-0.2, -0.15) is 0 Å². The molecule has 0 radical (unpaired) electrons.